The number of benzene rings is 1. The van der Waals surface area contributed by atoms with Crippen LogP contribution >= 0.6 is 11.8 Å². The summed E-state index contributed by atoms with van der Waals surface area (Å²) in [5.74, 6) is 1.62. The zero-order valence-corrected chi connectivity index (χ0v) is 14.7. The average Bonchev–Trinajstić information content (AvgIpc) is 3.25. The number of hydrogen-bond donors (Lipinski definition) is 1. The van der Waals surface area contributed by atoms with Crippen molar-refractivity contribution in [3.8, 4) is 0 Å². The molecule has 1 saturated heterocycles. The molecule has 0 radical (unpaired) electrons. The molecule has 1 aliphatic rings. The maximum atomic E-state index is 12.4. The van der Waals surface area contributed by atoms with Crippen molar-refractivity contribution in [2.75, 3.05) is 18.8 Å². The maximum Gasteiger partial charge on any atom is 0.317 e. The van der Waals surface area contributed by atoms with Gasteiger partial charge in [-0.1, -0.05) is 18.2 Å². The topological polar surface area (TPSA) is 63.1 Å². The van der Waals surface area contributed by atoms with E-state index in [9.17, 15) is 4.79 Å². The summed E-state index contributed by atoms with van der Waals surface area (Å²) in [7, 11) is 0. The van der Waals surface area contributed by atoms with E-state index in [0.29, 0.717) is 12.5 Å². The quantitative estimate of drug-likeness (QED) is 0.817. The Morgan fingerprint density at radius 2 is 2.25 bits per heavy atom. The molecule has 1 aliphatic heterocycles. The van der Waals surface area contributed by atoms with Crippen LogP contribution in [0.1, 0.15) is 13.3 Å². The molecule has 3 rings (SSSR count). The molecule has 0 aliphatic carbocycles. The molecule has 2 heterocycles. The number of likely N-dealkylation sites (tertiary alicyclic amines) is 1. The smallest absolute Gasteiger partial charge is 0.317 e. The molecule has 0 unspecified atom stereocenters. The number of hydrogen-bond acceptors (Lipinski definition) is 4. The molecule has 24 heavy (non-hydrogen) atoms. The van der Waals surface area contributed by atoms with Gasteiger partial charge in [-0.3, -0.25) is 4.68 Å². The van der Waals surface area contributed by atoms with Crippen molar-refractivity contribution in [1.29, 1.82) is 0 Å². The maximum absolute atomic E-state index is 12.4. The summed E-state index contributed by atoms with van der Waals surface area (Å²) in [5.41, 5.74) is 0. The van der Waals surface area contributed by atoms with E-state index in [1.807, 2.05) is 29.7 Å². The second-order valence-corrected chi connectivity index (χ2v) is 7.29. The number of nitrogens with zero attached hydrogens (tertiary/aromatic N) is 4. The molecule has 1 aromatic heterocycles. The minimum atomic E-state index is 0.0230. The van der Waals surface area contributed by atoms with E-state index >= 15 is 0 Å². The summed E-state index contributed by atoms with van der Waals surface area (Å²) in [6.07, 6.45) is 4.24. The number of urea groups is 1. The minimum absolute atomic E-state index is 0.0230. The summed E-state index contributed by atoms with van der Waals surface area (Å²) in [6, 6.07) is 10.5. The second-order valence-electron chi connectivity index (χ2n) is 6.19. The van der Waals surface area contributed by atoms with Gasteiger partial charge in [-0.2, -0.15) is 5.10 Å². The Hall–Kier alpha value is -2.02. The van der Waals surface area contributed by atoms with Gasteiger partial charge in [-0.05, 0) is 31.4 Å². The van der Waals surface area contributed by atoms with Gasteiger partial charge in [0, 0.05) is 29.8 Å². The molecule has 128 valence electrons. The Kier molecular flexibility index (Phi) is 5.74. The molecule has 2 atom stereocenters. The first kappa shape index (κ1) is 16.8. The number of thioether (sulfide) groups is 1. The Balaban J connectivity index is 1.40. The lowest BCUT2D eigenvalue weighted by atomic mass is 10.2. The second kappa shape index (κ2) is 8.19. The van der Waals surface area contributed by atoms with Crippen molar-refractivity contribution < 1.29 is 4.79 Å². The first-order valence-electron chi connectivity index (χ1n) is 8.26. The molecule has 0 saturated carbocycles. The molecular formula is C17H23N5OS. The van der Waals surface area contributed by atoms with E-state index in [0.717, 1.165) is 25.3 Å². The lowest BCUT2D eigenvalue weighted by Crippen LogP contribution is -2.44. The van der Waals surface area contributed by atoms with Crippen LogP contribution < -0.4 is 5.32 Å². The van der Waals surface area contributed by atoms with Crippen molar-refractivity contribution in [1.82, 2.24) is 25.0 Å². The number of carbonyl (C=O) groups is 1. The van der Waals surface area contributed by atoms with E-state index < -0.39 is 0 Å². The van der Waals surface area contributed by atoms with Gasteiger partial charge in [-0.15, -0.1) is 11.8 Å². The highest BCUT2D eigenvalue weighted by Crippen LogP contribution is 2.25. The number of aromatic nitrogens is 3. The van der Waals surface area contributed by atoms with Crippen LogP contribution in [0, 0.1) is 5.92 Å². The first-order chi connectivity index (χ1) is 11.7. The van der Waals surface area contributed by atoms with Gasteiger partial charge >= 0.3 is 6.03 Å². The van der Waals surface area contributed by atoms with Crippen LogP contribution in [0.15, 0.2) is 47.9 Å². The van der Waals surface area contributed by atoms with Gasteiger partial charge in [0.25, 0.3) is 0 Å². The summed E-state index contributed by atoms with van der Waals surface area (Å²) in [5, 5.41) is 7.11. The molecule has 0 bridgehead atoms. The Morgan fingerprint density at radius 3 is 3.00 bits per heavy atom. The van der Waals surface area contributed by atoms with Gasteiger partial charge in [0.2, 0.25) is 0 Å². The first-order valence-corrected chi connectivity index (χ1v) is 9.25. The fourth-order valence-corrected chi connectivity index (χ4v) is 3.89. The van der Waals surface area contributed by atoms with E-state index in [4.69, 9.17) is 0 Å². The standard InChI is InChI=1S/C17H23N5OS/c1-14(9-22-13-18-12-19-22)20-17(23)21-8-7-15(10-21)11-24-16-5-3-2-4-6-16/h2-6,12-15H,7-11H2,1H3,(H,20,23)/t14-,15+/m0/s1. The van der Waals surface area contributed by atoms with Crippen LogP contribution in [-0.2, 0) is 6.54 Å². The van der Waals surface area contributed by atoms with Crippen LogP contribution in [0.3, 0.4) is 0 Å². The minimum Gasteiger partial charge on any atom is -0.334 e. The third-order valence-corrected chi connectivity index (χ3v) is 5.34. The van der Waals surface area contributed by atoms with Crippen molar-refractivity contribution in [2.24, 2.45) is 5.92 Å². The third-order valence-electron chi connectivity index (χ3n) is 4.10. The van der Waals surface area contributed by atoms with Gasteiger partial charge in [0.05, 0.1) is 6.54 Å². The summed E-state index contributed by atoms with van der Waals surface area (Å²) < 4.78 is 1.73. The Labute approximate surface area is 146 Å². The van der Waals surface area contributed by atoms with Crippen molar-refractivity contribution >= 4 is 17.8 Å². The highest BCUT2D eigenvalue weighted by Gasteiger charge is 2.26. The van der Waals surface area contributed by atoms with Crippen LogP contribution in [0.5, 0.6) is 0 Å². The Morgan fingerprint density at radius 1 is 1.42 bits per heavy atom. The zero-order valence-electron chi connectivity index (χ0n) is 13.8. The normalized spacial score (nSPS) is 18.5. The molecule has 2 amide bonds. The number of carbonyl (C=O) groups excluding carboxylic acids is 1. The fraction of sp³-hybridized carbons (Fsp3) is 0.471. The SMILES string of the molecule is C[C@@H](Cn1cncn1)NC(=O)N1CC[C@@H](CSc2ccccc2)C1. The van der Waals surface area contributed by atoms with E-state index in [2.05, 4.69) is 39.7 Å². The van der Waals surface area contributed by atoms with Gasteiger partial charge in [0.15, 0.2) is 0 Å². The zero-order chi connectivity index (χ0) is 16.8. The third kappa shape index (κ3) is 4.74. The summed E-state index contributed by atoms with van der Waals surface area (Å²) in [4.78, 5) is 19.5. The van der Waals surface area contributed by atoms with Crippen LogP contribution in [0.2, 0.25) is 0 Å². The lowest BCUT2D eigenvalue weighted by molar-refractivity contribution is 0.202. The van der Waals surface area contributed by atoms with Gasteiger partial charge < -0.3 is 10.2 Å². The van der Waals surface area contributed by atoms with Crippen molar-refractivity contribution in [3.63, 3.8) is 0 Å². The lowest BCUT2D eigenvalue weighted by Gasteiger charge is -2.21. The Bertz CT molecular complexity index is 634. The van der Waals surface area contributed by atoms with Crippen LogP contribution in [0.4, 0.5) is 4.79 Å². The average molecular weight is 345 g/mol. The predicted molar refractivity (Wildman–Crippen MR) is 94.9 cm³/mol. The predicted octanol–water partition coefficient (Wildman–Crippen LogP) is 2.49. The number of rotatable bonds is 6. The van der Waals surface area contributed by atoms with Crippen molar-refractivity contribution in [2.45, 2.75) is 30.8 Å². The molecule has 0 spiro atoms. The van der Waals surface area contributed by atoms with Gasteiger partial charge in [0.1, 0.15) is 12.7 Å². The molecule has 6 nitrogen and oxygen atoms in total. The molecule has 1 fully saturated rings. The summed E-state index contributed by atoms with van der Waals surface area (Å²) in [6.45, 7) is 4.29. The molecule has 7 heteroatoms. The molecule has 2 aromatic rings. The van der Waals surface area contributed by atoms with Crippen molar-refractivity contribution in [3.05, 3.63) is 43.0 Å². The largest absolute Gasteiger partial charge is 0.334 e. The molecule has 1 N–H and O–H groups in total. The summed E-state index contributed by atoms with van der Waals surface area (Å²) >= 11 is 1.87. The fourth-order valence-electron chi connectivity index (χ4n) is 2.84. The van der Waals surface area contributed by atoms with E-state index in [-0.39, 0.29) is 12.1 Å². The highest BCUT2D eigenvalue weighted by atomic mass is 32.2. The molecular weight excluding hydrogens is 322 g/mol. The van der Waals surface area contributed by atoms with Crippen LogP contribution in [-0.4, -0.2) is 50.6 Å². The van der Waals surface area contributed by atoms with Crippen LogP contribution in [0.25, 0.3) is 0 Å². The van der Waals surface area contributed by atoms with E-state index in [1.165, 1.54) is 11.2 Å². The number of amides is 2. The van der Waals surface area contributed by atoms with Gasteiger partial charge in [-0.25, -0.2) is 9.78 Å². The molecule has 1 aromatic carbocycles. The highest BCUT2D eigenvalue weighted by molar-refractivity contribution is 7.99. The van der Waals surface area contributed by atoms with E-state index in [1.54, 1.807) is 11.0 Å². The number of nitrogens with one attached hydrogen (secondary N) is 1. The monoisotopic (exact) mass is 345 g/mol.